The number of halogens is 1. The lowest BCUT2D eigenvalue weighted by Crippen LogP contribution is -2.44. The second kappa shape index (κ2) is 5.09. The Labute approximate surface area is 111 Å². The minimum atomic E-state index is -1.99. The lowest BCUT2D eigenvalue weighted by molar-refractivity contribution is -0.0929. The first-order valence-electron chi connectivity index (χ1n) is 5.57. The summed E-state index contributed by atoms with van der Waals surface area (Å²) in [7, 11) is 0. The highest BCUT2D eigenvalue weighted by molar-refractivity contribution is 5.18. The van der Waals surface area contributed by atoms with Crippen LogP contribution in [0.15, 0.2) is 22.2 Å². The minimum Gasteiger partial charge on any atom is -0.408 e. The molecule has 0 unspecified atom stereocenters. The number of aromatic amines is 1. The molecule has 8 nitrogen and oxygen atoms in total. The molecule has 108 valence electrons. The zero-order chi connectivity index (χ0) is 14.9. The first-order valence-corrected chi connectivity index (χ1v) is 5.57. The fraction of sp³-hybridized carbons (Fsp3) is 0.455. The molecule has 2 rings (SSSR count). The average molecular weight is 285 g/mol. The van der Waals surface area contributed by atoms with Gasteiger partial charge in [-0.2, -0.15) is 0 Å². The van der Waals surface area contributed by atoms with Crippen molar-refractivity contribution < 1.29 is 24.5 Å². The van der Waals surface area contributed by atoms with E-state index < -0.39 is 36.3 Å². The number of nitrogens with zero attached hydrogens (tertiary/aromatic N) is 2. The minimum absolute atomic E-state index is 0.386. The number of ether oxygens (including phenoxy) is 1. The molecule has 4 N–H and O–H groups in total. The lowest BCUT2D eigenvalue weighted by atomic mass is 9.98. The fourth-order valence-electron chi connectivity index (χ4n) is 1.99. The molecule has 0 aromatic carbocycles. The first kappa shape index (κ1) is 14.3. The smallest absolute Gasteiger partial charge is 0.252 e. The Kier molecular flexibility index (Phi) is 3.63. The van der Waals surface area contributed by atoms with Crippen molar-refractivity contribution in [2.24, 2.45) is 5.16 Å². The predicted octanol–water partition coefficient (Wildman–Crippen LogP) is -1.94. The van der Waals surface area contributed by atoms with Gasteiger partial charge in [-0.05, 0) is 0 Å². The molecule has 0 spiro atoms. The van der Waals surface area contributed by atoms with Crippen molar-refractivity contribution in [1.82, 2.24) is 9.55 Å². The summed E-state index contributed by atoms with van der Waals surface area (Å²) in [5.41, 5.74) is -2.86. The van der Waals surface area contributed by atoms with Gasteiger partial charge < -0.3 is 20.2 Å². The summed E-state index contributed by atoms with van der Waals surface area (Å²) < 4.78 is 20.3. The summed E-state index contributed by atoms with van der Waals surface area (Å²) >= 11 is 0. The van der Waals surface area contributed by atoms with E-state index in [-0.39, 0.29) is 5.62 Å². The molecule has 1 fully saturated rings. The van der Waals surface area contributed by atoms with Gasteiger partial charge in [0.1, 0.15) is 6.10 Å². The Bertz CT molecular complexity index is 663. The van der Waals surface area contributed by atoms with Gasteiger partial charge in [0, 0.05) is 12.3 Å². The molecule has 0 radical (unpaired) electrons. The van der Waals surface area contributed by atoms with Gasteiger partial charge in [-0.1, -0.05) is 11.1 Å². The summed E-state index contributed by atoms with van der Waals surface area (Å²) in [6.45, 7) is -0.795. The molecule has 1 aliphatic rings. The van der Waals surface area contributed by atoms with Crippen molar-refractivity contribution in [3.05, 3.63) is 28.2 Å². The number of hydrogen-bond donors (Lipinski definition) is 4. The highest BCUT2D eigenvalue weighted by Gasteiger charge is 2.55. The topological polar surface area (TPSA) is 120 Å². The van der Waals surface area contributed by atoms with Crippen molar-refractivity contribution in [3.63, 3.8) is 0 Å². The van der Waals surface area contributed by atoms with Crippen molar-refractivity contribution >= 4 is 0 Å². The van der Waals surface area contributed by atoms with Crippen LogP contribution in [-0.4, -0.2) is 49.5 Å². The zero-order valence-electron chi connectivity index (χ0n) is 10.1. The molecule has 1 aromatic heterocycles. The second-order valence-corrected chi connectivity index (χ2v) is 4.23. The molecule has 9 heteroatoms. The molecule has 0 aliphatic carbocycles. The van der Waals surface area contributed by atoms with Crippen molar-refractivity contribution in [2.45, 2.75) is 24.1 Å². The molecule has 0 saturated carbocycles. The first-order chi connectivity index (χ1) is 9.49. The molecule has 1 saturated heterocycles. The summed E-state index contributed by atoms with van der Waals surface area (Å²) in [5.74, 6) is 2.02. The molecule has 0 bridgehead atoms. The number of terminal acetylenes is 1. The van der Waals surface area contributed by atoms with Gasteiger partial charge in [0.15, 0.2) is 18.0 Å². The lowest BCUT2D eigenvalue weighted by Gasteiger charge is -2.23. The van der Waals surface area contributed by atoms with Crippen LogP contribution in [0.3, 0.4) is 0 Å². The van der Waals surface area contributed by atoms with E-state index >= 15 is 0 Å². The van der Waals surface area contributed by atoms with Gasteiger partial charge in [-0.25, -0.2) is 4.39 Å². The SMILES string of the molecule is C#C[C@]1(CO)O[C@@H](n2ccc(=O)[nH]/c2=N\O)[C@H](F)[C@@H]1O. The number of rotatable bonds is 2. The number of H-pyrrole nitrogens is 1. The van der Waals surface area contributed by atoms with E-state index in [1.165, 1.54) is 0 Å². The largest absolute Gasteiger partial charge is 0.408 e. The second-order valence-electron chi connectivity index (χ2n) is 4.23. The van der Waals surface area contributed by atoms with Crippen LogP contribution in [0.5, 0.6) is 0 Å². The molecule has 0 amide bonds. The van der Waals surface area contributed by atoms with Gasteiger partial charge in [0.05, 0.1) is 6.61 Å². The number of aliphatic hydroxyl groups excluding tert-OH is 2. The Morgan fingerprint density at radius 2 is 2.40 bits per heavy atom. The molecular weight excluding hydrogens is 273 g/mol. The summed E-state index contributed by atoms with van der Waals surface area (Å²) in [6, 6.07) is 1.05. The highest BCUT2D eigenvalue weighted by Crippen LogP contribution is 2.37. The third kappa shape index (κ3) is 2.00. The molecule has 1 aliphatic heterocycles. The Hall–Kier alpha value is -2.15. The van der Waals surface area contributed by atoms with E-state index in [4.69, 9.17) is 16.4 Å². The number of hydrogen-bond acceptors (Lipinski definition) is 6. The van der Waals surface area contributed by atoms with Crippen LogP contribution >= 0.6 is 0 Å². The Balaban J connectivity index is 2.51. The zero-order valence-corrected chi connectivity index (χ0v) is 10.1. The monoisotopic (exact) mass is 285 g/mol. The fourth-order valence-corrected chi connectivity index (χ4v) is 1.99. The summed E-state index contributed by atoms with van der Waals surface area (Å²) in [4.78, 5) is 13.3. The quantitative estimate of drug-likeness (QED) is 0.286. The van der Waals surface area contributed by atoms with Crippen LogP contribution in [0.2, 0.25) is 0 Å². The van der Waals surface area contributed by atoms with Crippen LogP contribution in [0.1, 0.15) is 6.23 Å². The molecule has 20 heavy (non-hydrogen) atoms. The van der Waals surface area contributed by atoms with Crippen molar-refractivity contribution in [1.29, 1.82) is 0 Å². The average Bonchev–Trinajstić information content (AvgIpc) is 2.72. The third-order valence-electron chi connectivity index (χ3n) is 3.10. The standard InChI is InChI=1S/C11H12FN3O5/c1-2-11(5-16)8(18)7(12)9(20-11)15-4-3-6(17)13-10(15)14-19/h1,3-4,7-9,16,18-19H,5H2,(H,13,14,17)/t7-,8+,9-,11-/m1/s1. The molecular formula is C11H12FN3O5. The van der Waals surface area contributed by atoms with Crippen LogP contribution in [0.25, 0.3) is 0 Å². The maximum absolute atomic E-state index is 14.1. The molecule has 4 atom stereocenters. The van der Waals surface area contributed by atoms with Crippen LogP contribution in [0.4, 0.5) is 4.39 Å². The predicted molar refractivity (Wildman–Crippen MR) is 62.1 cm³/mol. The van der Waals surface area contributed by atoms with E-state index in [1.807, 2.05) is 5.92 Å². The summed E-state index contributed by atoms with van der Waals surface area (Å²) in [6.07, 6.45) is 1.06. The van der Waals surface area contributed by atoms with E-state index in [9.17, 15) is 19.4 Å². The molecule has 1 aromatic rings. The number of nitrogens with one attached hydrogen (secondary N) is 1. The van der Waals surface area contributed by atoms with E-state index in [0.717, 1.165) is 16.8 Å². The third-order valence-corrected chi connectivity index (χ3v) is 3.10. The van der Waals surface area contributed by atoms with Gasteiger partial charge in [0.2, 0.25) is 5.62 Å². The van der Waals surface area contributed by atoms with E-state index in [2.05, 4.69) is 10.1 Å². The maximum Gasteiger partial charge on any atom is 0.252 e. The Morgan fingerprint density at radius 3 is 2.90 bits per heavy atom. The number of aromatic nitrogens is 2. The van der Waals surface area contributed by atoms with Gasteiger partial charge in [-0.3, -0.25) is 14.3 Å². The van der Waals surface area contributed by atoms with Crippen LogP contribution in [-0.2, 0) is 4.74 Å². The summed E-state index contributed by atoms with van der Waals surface area (Å²) in [5, 5.41) is 30.6. The van der Waals surface area contributed by atoms with E-state index in [0.29, 0.717) is 0 Å². The number of aliphatic hydroxyl groups is 2. The van der Waals surface area contributed by atoms with Gasteiger partial charge in [0.25, 0.3) is 5.56 Å². The van der Waals surface area contributed by atoms with Crippen molar-refractivity contribution in [3.8, 4) is 12.3 Å². The molecule has 2 heterocycles. The van der Waals surface area contributed by atoms with E-state index in [1.54, 1.807) is 0 Å². The highest BCUT2D eigenvalue weighted by atomic mass is 19.1. The number of alkyl halides is 1. The van der Waals surface area contributed by atoms with Crippen molar-refractivity contribution in [2.75, 3.05) is 6.61 Å². The Morgan fingerprint density at radius 1 is 1.70 bits per heavy atom. The van der Waals surface area contributed by atoms with Crippen LogP contribution in [0, 0.1) is 12.3 Å². The van der Waals surface area contributed by atoms with Gasteiger partial charge >= 0.3 is 0 Å². The maximum atomic E-state index is 14.1. The normalized spacial score (nSPS) is 34.1. The van der Waals surface area contributed by atoms with Gasteiger partial charge in [-0.15, -0.1) is 6.42 Å². The van der Waals surface area contributed by atoms with Crippen LogP contribution < -0.4 is 11.2 Å².